The zero-order valence-corrected chi connectivity index (χ0v) is 10.3. The summed E-state index contributed by atoms with van der Waals surface area (Å²) in [5.74, 6) is 1.93. The van der Waals surface area contributed by atoms with E-state index < -0.39 is 0 Å². The molecule has 0 unspecified atom stereocenters. The molecular formula is C11H13N5S. The van der Waals surface area contributed by atoms with Gasteiger partial charge in [0.05, 0.1) is 0 Å². The van der Waals surface area contributed by atoms with E-state index in [0.717, 1.165) is 16.0 Å². The number of imidazole rings is 1. The first-order chi connectivity index (χ1) is 8.22. The van der Waals surface area contributed by atoms with Crippen LogP contribution in [0.5, 0.6) is 0 Å². The maximum atomic E-state index is 5.80. The number of rotatable bonds is 3. The second-order valence-electron chi connectivity index (χ2n) is 4.19. The van der Waals surface area contributed by atoms with Crippen LogP contribution < -0.4 is 5.73 Å². The number of hydrogen-bond acceptors (Lipinski definition) is 5. The summed E-state index contributed by atoms with van der Waals surface area (Å²) in [4.78, 5) is 13.1. The Labute approximate surface area is 103 Å². The predicted octanol–water partition coefficient (Wildman–Crippen LogP) is 1.82. The van der Waals surface area contributed by atoms with Crippen molar-refractivity contribution >= 4 is 17.6 Å². The lowest BCUT2D eigenvalue weighted by Crippen LogP contribution is -2.00. The lowest BCUT2D eigenvalue weighted by Gasteiger charge is -2.04. The summed E-state index contributed by atoms with van der Waals surface area (Å²) in [5.41, 5.74) is 5.80. The van der Waals surface area contributed by atoms with Crippen LogP contribution >= 0.6 is 11.8 Å². The average Bonchev–Trinajstić information content (AvgIpc) is 3.05. The van der Waals surface area contributed by atoms with Gasteiger partial charge in [0, 0.05) is 31.4 Å². The molecule has 3 rings (SSSR count). The SMILES string of the molecule is Cn1ccnc1Sc1cc(N)nc(C2CC2)n1. The number of anilines is 1. The van der Waals surface area contributed by atoms with Gasteiger partial charge >= 0.3 is 0 Å². The van der Waals surface area contributed by atoms with Crippen LogP contribution in [0, 0.1) is 0 Å². The number of aromatic nitrogens is 4. The molecular weight excluding hydrogens is 234 g/mol. The van der Waals surface area contributed by atoms with Crippen LogP contribution in [0.1, 0.15) is 24.6 Å². The van der Waals surface area contributed by atoms with Crippen molar-refractivity contribution in [1.82, 2.24) is 19.5 Å². The van der Waals surface area contributed by atoms with Crippen molar-refractivity contribution < 1.29 is 0 Å². The molecule has 0 bridgehead atoms. The van der Waals surface area contributed by atoms with Crippen LogP contribution in [0.4, 0.5) is 5.82 Å². The van der Waals surface area contributed by atoms with Crippen LogP contribution in [0.25, 0.3) is 0 Å². The maximum absolute atomic E-state index is 5.80. The molecule has 0 spiro atoms. The summed E-state index contributed by atoms with van der Waals surface area (Å²) in [7, 11) is 1.96. The van der Waals surface area contributed by atoms with Crippen molar-refractivity contribution in [1.29, 1.82) is 0 Å². The zero-order valence-electron chi connectivity index (χ0n) is 9.50. The third-order valence-electron chi connectivity index (χ3n) is 2.66. The second kappa shape index (κ2) is 4.03. The molecule has 1 aliphatic carbocycles. The highest BCUT2D eigenvalue weighted by atomic mass is 32.2. The number of nitrogens with two attached hydrogens (primary N) is 1. The van der Waals surface area contributed by atoms with Gasteiger partial charge in [0.15, 0.2) is 5.16 Å². The monoisotopic (exact) mass is 247 g/mol. The standard InChI is InChI=1S/C11H13N5S/c1-16-5-4-13-11(16)17-9-6-8(12)14-10(15-9)7-2-3-7/h4-7H,2-3H2,1H3,(H2,12,14,15). The highest BCUT2D eigenvalue weighted by molar-refractivity contribution is 7.99. The Kier molecular flexibility index (Phi) is 2.51. The number of nitrogen functional groups attached to an aromatic ring is 1. The van der Waals surface area contributed by atoms with Gasteiger partial charge in [-0.2, -0.15) is 0 Å². The van der Waals surface area contributed by atoms with Gasteiger partial charge in [-0.25, -0.2) is 15.0 Å². The highest BCUT2D eigenvalue weighted by Crippen LogP contribution is 2.39. The van der Waals surface area contributed by atoms with E-state index >= 15 is 0 Å². The topological polar surface area (TPSA) is 69.6 Å². The smallest absolute Gasteiger partial charge is 0.174 e. The fourth-order valence-electron chi connectivity index (χ4n) is 1.58. The number of hydrogen-bond donors (Lipinski definition) is 1. The predicted molar refractivity (Wildman–Crippen MR) is 65.8 cm³/mol. The van der Waals surface area contributed by atoms with Gasteiger partial charge in [-0.1, -0.05) is 0 Å². The normalized spacial score (nSPS) is 15.1. The molecule has 2 N–H and O–H groups in total. The van der Waals surface area contributed by atoms with Crippen LogP contribution in [-0.2, 0) is 7.05 Å². The Morgan fingerprint density at radius 1 is 1.41 bits per heavy atom. The summed E-state index contributed by atoms with van der Waals surface area (Å²) in [6.45, 7) is 0. The van der Waals surface area contributed by atoms with E-state index in [0.29, 0.717) is 11.7 Å². The van der Waals surface area contributed by atoms with E-state index in [1.54, 1.807) is 12.3 Å². The lowest BCUT2D eigenvalue weighted by molar-refractivity contribution is 0.786. The van der Waals surface area contributed by atoms with E-state index in [-0.39, 0.29) is 0 Å². The van der Waals surface area contributed by atoms with Crippen molar-refractivity contribution in [3.63, 3.8) is 0 Å². The molecule has 5 nitrogen and oxygen atoms in total. The molecule has 2 heterocycles. The van der Waals surface area contributed by atoms with Crippen LogP contribution in [0.2, 0.25) is 0 Å². The summed E-state index contributed by atoms with van der Waals surface area (Å²) >= 11 is 1.52. The average molecular weight is 247 g/mol. The molecule has 1 saturated carbocycles. The third-order valence-corrected chi connectivity index (χ3v) is 3.65. The molecule has 2 aromatic rings. The molecule has 0 aromatic carbocycles. The maximum Gasteiger partial charge on any atom is 0.174 e. The van der Waals surface area contributed by atoms with Crippen LogP contribution in [0.3, 0.4) is 0 Å². The quantitative estimate of drug-likeness (QED) is 0.838. The Balaban J connectivity index is 1.89. The summed E-state index contributed by atoms with van der Waals surface area (Å²) in [5, 5.41) is 1.78. The van der Waals surface area contributed by atoms with E-state index in [1.807, 2.05) is 17.8 Å². The minimum atomic E-state index is 0.513. The molecule has 0 atom stereocenters. The van der Waals surface area contributed by atoms with Crippen LogP contribution in [0.15, 0.2) is 28.6 Å². The molecule has 17 heavy (non-hydrogen) atoms. The summed E-state index contributed by atoms with van der Waals surface area (Å²) in [6.07, 6.45) is 6.04. The number of nitrogens with zero attached hydrogens (tertiary/aromatic N) is 4. The van der Waals surface area contributed by atoms with Gasteiger partial charge < -0.3 is 10.3 Å². The van der Waals surface area contributed by atoms with Gasteiger partial charge in [0.1, 0.15) is 16.7 Å². The van der Waals surface area contributed by atoms with Crippen molar-refractivity contribution in [3.05, 3.63) is 24.3 Å². The first-order valence-electron chi connectivity index (χ1n) is 5.52. The Morgan fingerprint density at radius 2 is 2.24 bits per heavy atom. The molecule has 0 aliphatic heterocycles. The molecule has 1 fully saturated rings. The zero-order chi connectivity index (χ0) is 11.8. The minimum Gasteiger partial charge on any atom is -0.384 e. The minimum absolute atomic E-state index is 0.513. The van der Waals surface area contributed by atoms with Crippen molar-refractivity contribution in [2.75, 3.05) is 5.73 Å². The molecule has 0 saturated heterocycles. The lowest BCUT2D eigenvalue weighted by atomic mass is 10.4. The third kappa shape index (κ3) is 2.26. The Hall–Kier alpha value is -1.56. The van der Waals surface area contributed by atoms with Crippen LogP contribution in [-0.4, -0.2) is 19.5 Å². The molecule has 1 aliphatic rings. The fourth-order valence-corrected chi connectivity index (χ4v) is 2.41. The van der Waals surface area contributed by atoms with E-state index in [4.69, 9.17) is 5.73 Å². The summed E-state index contributed by atoms with van der Waals surface area (Å²) < 4.78 is 1.96. The highest BCUT2D eigenvalue weighted by Gasteiger charge is 2.27. The van der Waals surface area contributed by atoms with Crippen molar-refractivity contribution in [2.24, 2.45) is 7.05 Å². The Morgan fingerprint density at radius 3 is 2.88 bits per heavy atom. The molecule has 0 amide bonds. The Bertz CT molecular complexity index is 547. The fraction of sp³-hybridized carbons (Fsp3) is 0.364. The van der Waals surface area contributed by atoms with Gasteiger partial charge in [-0.3, -0.25) is 0 Å². The van der Waals surface area contributed by atoms with Gasteiger partial charge in [-0.05, 0) is 24.6 Å². The van der Waals surface area contributed by atoms with Gasteiger partial charge in [0.2, 0.25) is 0 Å². The number of aryl methyl sites for hydroxylation is 1. The molecule has 2 aromatic heterocycles. The van der Waals surface area contributed by atoms with E-state index in [1.165, 1.54) is 24.6 Å². The first-order valence-corrected chi connectivity index (χ1v) is 6.33. The molecule has 6 heteroatoms. The van der Waals surface area contributed by atoms with E-state index in [9.17, 15) is 0 Å². The van der Waals surface area contributed by atoms with Crippen molar-refractivity contribution in [2.45, 2.75) is 28.9 Å². The molecule has 0 radical (unpaired) electrons. The van der Waals surface area contributed by atoms with E-state index in [2.05, 4.69) is 15.0 Å². The van der Waals surface area contributed by atoms with Gasteiger partial charge in [0.25, 0.3) is 0 Å². The first kappa shape index (κ1) is 10.6. The van der Waals surface area contributed by atoms with Crippen molar-refractivity contribution in [3.8, 4) is 0 Å². The molecule has 88 valence electrons. The summed E-state index contributed by atoms with van der Waals surface area (Å²) in [6, 6.07) is 1.80. The van der Waals surface area contributed by atoms with Gasteiger partial charge in [-0.15, -0.1) is 0 Å². The second-order valence-corrected chi connectivity index (χ2v) is 5.17. The largest absolute Gasteiger partial charge is 0.384 e.